The fourth-order valence-electron chi connectivity index (χ4n) is 1.94. The smallest absolute Gasteiger partial charge is 0.339 e. The van der Waals surface area contributed by atoms with E-state index in [4.69, 9.17) is 5.11 Å². The zero-order valence-electron chi connectivity index (χ0n) is 9.03. The van der Waals surface area contributed by atoms with E-state index < -0.39 is 5.97 Å². The van der Waals surface area contributed by atoms with Crippen LogP contribution < -0.4 is 10.6 Å². The predicted octanol–water partition coefficient (Wildman–Crippen LogP) is 1.09. The van der Waals surface area contributed by atoms with Crippen LogP contribution in [0.3, 0.4) is 0 Å². The normalized spacial score (nSPS) is 20.2. The van der Waals surface area contributed by atoms with E-state index in [9.17, 15) is 9.90 Å². The monoisotopic (exact) mass is 300 g/mol. The molecule has 0 aromatic heterocycles. The van der Waals surface area contributed by atoms with Gasteiger partial charge in [0.25, 0.3) is 0 Å². The van der Waals surface area contributed by atoms with Gasteiger partial charge in [-0.25, -0.2) is 4.79 Å². The van der Waals surface area contributed by atoms with Gasteiger partial charge in [0.2, 0.25) is 0 Å². The highest BCUT2D eigenvalue weighted by atomic mass is 79.9. The molecule has 2 rings (SSSR count). The van der Waals surface area contributed by atoms with Gasteiger partial charge >= 0.3 is 5.97 Å². The lowest BCUT2D eigenvalue weighted by Gasteiger charge is -2.26. The van der Waals surface area contributed by atoms with Gasteiger partial charge in [0.1, 0.15) is 11.3 Å². The van der Waals surface area contributed by atoms with E-state index in [1.807, 2.05) is 0 Å². The molecule has 1 aromatic rings. The maximum atomic E-state index is 11.0. The number of halogens is 1. The summed E-state index contributed by atoms with van der Waals surface area (Å²) < 4.78 is 0.709. The number of phenols is 1. The minimum absolute atomic E-state index is 0.0735. The summed E-state index contributed by atoms with van der Waals surface area (Å²) in [5, 5.41) is 25.4. The van der Waals surface area contributed by atoms with Gasteiger partial charge in [-0.1, -0.05) is 15.9 Å². The van der Waals surface area contributed by atoms with E-state index in [1.165, 1.54) is 6.07 Å². The highest BCUT2D eigenvalue weighted by Gasteiger charge is 2.24. The highest BCUT2D eigenvalue weighted by Crippen LogP contribution is 2.34. The first kappa shape index (κ1) is 12.3. The Bertz CT molecular complexity index is 445. The lowest BCUT2D eigenvalue weighted by Crippen LogP contribution is -2.42. The molecule has 1 atom stereocenters. The maximum absolute atomic E-state index is 11.0. The third-order valence-corrected chi connectivity index (χ3v) is 3.48. The average molecular weight is 301 g/mol. The van der Waals surface area contributed by atoms with Crippen LogP contribution in [0.4, 0.5) is 0 Å². The fourth-order valence-corrected chi connectivity index (χ4v) is 2.54. The Morgan fingerprint density at radius 1 is 1.41 bits per heavy atom. The second kappa shape index (κ2) is 5.03. The number of carboxylic acids is 1. The van der Waals surface area contributed by atoms with Crippen molar-refractivity contribution in [3.05, 3.63) is 27.7 Å². The topological polar surface area (TPSA) is 81.6 Å². The molecule has 1 aromatic carbocycles. The van der Waals surface area contributed by atoms with Gasteiger partial charge < -0.3 is 20.8 Å². The molecule has 5 nitrogen and oxygen atoms in total. The second-order valence-electron chi connectivity index (χ2n) is 3.87. The molecular formula is C11H13BrN2O3. The Morgan fingerprint density at radius 3 is 2.76 bits per heavy atom. The van der Waals surface area contributed by atoms with E-state index in [2.05, 4.69) is 26.6 Å². The molecule has 0 spiro atoms. The number of benzene rings is 1. The first-order valence-corrected chi connectivity index (χ1v) is 6.09. The van der Waals surface area contributed by atoms with Gasteiger partial charge in [0, 0.05) is 35.7 Å². The van der Waals surface area contributed by atoms with E-state index in [0.29, 0.717) is 16.6 Å². The SMILES string of the molecule is O=C(O)c1ccc(Br)c([C@@H]2CNCCN2)c1O. The number of hydrogen-bond acceptors (Lipinski definition) is 4. The Morgan fingerprint density at radius 2 is 2.18 bits per heavy atom. The molecule has 1 saturated heterocycles. The van der Waals surface area contributed by atoms with Gasteiger partial charge in [-0.15, -0.1) is 0 Å². The summed E-state index contributed by atoms with van der Waals surface area (Å²) in [6.07, 6.45) is 0. The minimum Gasteiger partial charge on any atom is -0.507 e. The third kappa shape index (κ3) is 2.43. The molecule has 0 unspecified atom stereocenters. The molecular weight excluding hydrogens is 288 g/mol. The van der Waals surface area contributed by atoms with Crippen LogP contribution in [0.1, 0.15) is 22.0 Å². The molecule has 0 bridgehead atoms. The number of carboxylic acid groups (broad SMARTS) is 1. The molecule has 0 aliphatic carbocycles. The number of rotatable bonds is 2. The molecule has 4 N–H and O–H groups in total. The third-order valence-electron chi connectivity index (χ3n) is 2.78. The number of nitrogens with one attached hydrogen (secondary N) is 2. The molecule has 1 heterocycles. The number of piperazine rings is 1. The van der Waals surface area contributed by atoms with Crippen LogP contribution in [0.2, 0.25) is 0 Å². The van der Waals surface area contributed by atoms with Crippen LogP contribution in [0.15, 0.2) is 16.6 Å². The van der Waals surface area contributed by atoms with E-state index in [1.54, 1.807) is 6.07 Å². The maximum Gasteiger partial charge on any atom is 0.339 e. The largest absolute Gasteiger partial charge is 0.507 e. The number of aromatic hydroxyl groups is 1. The summed E-state index contributed by atoms with van der Waals surface area (Å²) in [5.74, 6) is -1.30. The molecule has 0 saturated carbocycles. The number of aromatic carboxylic acids is 1. The standard InChI is InChI=1S/C11H13BrN2O3/c12-7-2-1-6(11(16)17)10(15)9(7)8-5-13-3-4-14-8/h1-2,8,13-15H,3-5H2,(H,16,17)/t8-/m0/s1. The van der Waals surface area contributed by atoms with Crippen molar-refractivity contribution >= 4 is 21.9 Å². The summed E-state index contributed by atoms with van der Waals surface area (Å²) in [6.45, 7) is 2.32. The van der Waals surface area contributed by atoms with E-state index in [0.717, 1.165) is 13.1 Å². The highest BCUT2D eigenvalue weighted by molar-refractivity contribution is 9.10. The first-order valence-electron chi connectivity index (χ1n) is 5.30. The zero-order valence-corrected chi connectivity index (χ0v) is 10.6. The Balaban J connectivity index is 2.43. The molecule has 1 fully saturated rings. The summed E-state index contributed by atoms with van der Waals surface area (Å²) in [5.41, 5.74) is 0.521. The van der Waals surface area contributed by atoms with Crippen LogP contribution in [-0.2, 0) is 0 Å². The van der Waals surface area contributed by atoms with E-state index in [-0.39, 0.29) is 17.4 Å². The Hall–Kier alpha value is -1.11. The molecule has 0 amide bonds. The molecule has 1 aliphatic rings. The Kier molecular flexibility index (Phi) is 3.66. The number of hydrogen-bond donors (Lipinski definition) is 4. The summed E-state index contributed by atoms with van der Waals surface area (Å²) >= 11 is 3.35. The first-order chi connectivity index (χ1) is 8.11. The summed E-state index contributed by atoms with van der Waals surface area (Å²) in [7, 11) is 0. The van der Waals surface area contributed by atoms with Crippen molar-refractivity contribution in [2.45, 2.75) is 6.04 Å². The van der Waals surface area contributed by atoms with Crippen molar-refractivity contribution in [1.82, 2.24) is 10.6 Å². The lowest BCUT2D eigenvalue weighted by molar-refractivity contribution is 0.0693. The molecule has 1 aliphatic heterocycles. The van der Waals surface area contributed by atoms with Crippen LogP contribution in [0, 0.1) is 0 Å². The van der Waals surface area contributed by atoms with Gasteiger partial charge in [0.15, 0.2) is 0 Å². The average Bonchev–Trinajstić information content (AvgIpc) is 2.30. The second-order valence-corrected chi connectivity index (χ2v) is 4.73. The van der Waals surface area contributed by atoms with Gasteiger partial charge in [-0.3, -0.25) is 0 Å². The molecule has 6 heteroatoms. The van der Waals surface area contributed by atoms with Crippen LogP contribution >= 0.6 is 15.9 Å². The van der Waals surface area contributed by atoms with Crippen molar-refractivity contribution in [2.24, 2.45) is 0 Å². The number of carbonyl (C=O) groups is 1. The zero-order chi connectivity index (χ0) is 12.4. The van der Waals surface area contributed by atoms with Crippen molar-refractivity contribution < 1.29 is 15.0 Å². The van der Waals surface area contributed by atoms with Crippen LogP contribution in [-0.4, -0.2) is 35.8 Å². The van der Waals surface area contributed by atoms with Crippen molar-refractivity contribution in [2.75, 3.05) is 19.6 Å². The van der Waals surface area contributed by atoms with Gasteiger partial charge in [0.05, 0.1) is 0 Å². The minimum atomic E-state index is -1.12. The Labute approximate surface area is 107 Å². The van der Waals surface area contributed by atoms with E-state index >= 15 is 0 Å². The molecule has 92 valence electrons. The van der Waals surface area contributed by atoms with Gasteiger partial charge in [-0.2, -0.15) is 0 Å². The molecule has 17 heavy (non-hydrogen) atoms. The predicted molar refractivity (Wildman–Crippen MR) is 66.4 cm³/mol. The van der Waals surface area contributed by atoms with Gasteiger partial charge in [-0.05, 0) is 12.1 Å². The van der Waals surface area contributed by atoms with Crippen molar-refractivity contribution in [3.8, 4) is 5.75 Å². The van der Waals surface area contributed by atoms with Crippen molar-refractivity contribution in [3.63, 3.8) is 0 Å². The van der Waals surface area contributed by atoms with Crippen molar-refractivity contribution in [1.29, 1.82) is 0 Å². The summed E-state index contributed by atoms with van der Waals surface area (Å²) in [6, 6.07) is 2.95. The van der Waals surface area contributed by atoms with Crippen LogP contribution in [0.5, 0.6) is 5.75 Å². The fraction of sp³-hybridized carbons (Fsp3) is 0.364. The lowest BCUT2D eigenvalue weighted by atomic mass is 10.0. The summed E-state index contributed by atoms with van der Waals surface area (Å²) in [4.78, 5) is 11.0. The quantitative estimate of drug-likeness (QED) is 0.657. The van der Waals surface area contributed by atoms with Crippen LogP contribution in [0.25, 0.3) is 0 Å². The molecule has 0 radical (unpaired) electrons.